The van der Waals surface area contributed by atoms with Gasteiger partial charge in [0.05, 0.1) is 11.6 Å². The molecule has 0 saturated carbocycles. The molecule has 0 unspecified atom stereocenters. The van der Waals surface area contributed by atoms with Gasteiger partial charge in [-0.25, -0.2) is 9.97 Å². The third kappa shape index (κ3) is 4.39. The molecule has 8 nitrogen and oxygen atoms in total. The van der Waals surface area contributed by atoms with Crippen LogP contribution in [0.3, 0.4) is 0 Å². The first-order valence-corrected chi connectivity index (χ1v) is 10.1. The van der Waals surface area contributed by atoms with Gasteiger partial charge in [0.1, 0.15) is 11.6 Å². The maximum Gasteiger partial charge on any atom is 0.255 e. The minimum absolute atomic E-state index is 0.361. The summed E-state index contributed by atoms with van der Waals surface area (Å²) < 4.78 is 0. The Morgan fingerprint density at radius 3 is 1.59 bits per heavy atom. The van der Waals surface area contributed by atoms with E-state index in [1.54, 1.807) is 81.0 Å². The molecule has 0 fully saturated rings. The molecule has 1 aliphatic heterocycles. The number of nitrogens with zero attached hydrogens (tertiary/aromatic N) is 3. The number of hydrogen-bond donors (Lipinski definition) is 3. The number of anilines is 2. The summed E-state index contributed by atoms with van der Waals surface area (Å²) in [6, 6.07) is 15.9. The first-order valence-electron chi connectivity index (χ1n) is 10.1. The van der Waals surface area contributed by atoms with E-state index in [4.69, 9.17) is 0 Å². The van der Waals surface area contributed by atoms with Crippen LogP contribution in [0.2, 0.25) is 0 Å². The van der Waals surface area contributed by atoms with E-state index in [1.165, 1.54) is 0 Å². The van der Waals surface area contributed by atoms with Gasteiger partial charge in [0.2, 0.25) is 0 Å². The molecule has 8 heteroatoms. The zero-order valence-electron chi connectivity index (χ0n) is 17.7. The van der Waals surface area contributed by atoms with Crippen LogP contribution in [0, 0.1) is 0 Å². The van der Waals surface area contributed by atoms with E-state index in [-0.39, 0.29) is 11.8 Å². The molecule has 3 aromatic heterocycles. The Morgan fingerprint density at radius 1 is 0.719 bits per heavy atom. The van der Waals surface area contributed by atoms with Crippen molar-refractivity contribution >= 4 is 23.5 Å². The number of aromatic nitrogens is 3. The van der Waals surface area contributed by atoms with Gasteiger partial charge in [0.15, 0.2) is 0 Å². The molecule has 160 valence electrons. The molecule has 4 rings (SSSR count). The van der Waals surface area contributed by atoms with Crippen LogP contribution in [0.25, 0.3) is 0 Å². The van der Waals surface area contributed by atoms with Crippen molar-refractivity contribution in [2.24, 2.45) is 0 Å². The van der Waals surface area contributed by atoms with Crippen molar-refractivity contribution < 1.29 is 9.59 Å². The third-order valence-electron chi connectivity index (χ3n) is 5.05. The van der Waals surface area contributed by atoms with Crippen LogP contribution >= 0.6 is 0 Å². The topological polar surface area (TPSA) is 109 Å². The van der Waals surface area contributed by atoms with Crippen LogP contribution in [0.4, 0.5) is 11.6 Å². The molecule has 0 spiro atoms. The first kappa shape index (κ1) is 20.9. The molecule has 0 radical (unpaired) electrons. The van der Waals surface area contributed by atoms with Crippen molar-refractivity contribution in [1.82, 2.24) is 20.3 Å². The van der Waals surface area contributed by atoms with E-state index in [1.807, 2.05) is 6.07 Å². The van der Waals surface area contributed by atoms with Crippen LogP contribution in [0.5, 0.6) is 0 Å². The fourth-order valence-electron chi connectivity index (χ4n) is 3.68. The Morgan fingerprint density at radius 2 is 1.19 bits per heavy atom. The van der Waals surface area contributed by atoms with Crippen molar-refractivity contribution in [1.29, 1.82) is 0 Å². The van der Waals surface area contributed by atoms with Gasteiger partial charge in [-0.15, -0.1) is 0 Å². The van der Waals surface area contributed by atoms with Gasteiger partial charge in [-0.1, -0.05) is 18.2 Å². The molecule has 0 aliphatic carbocycles. The highest BCUT2D eigenvalue weighted by Crippen LogP contribution is 2.38. The number of allylic oxidation sites excluding steroid dienone is 2. The fourth-order valence-corrected chi connectivity index (χ4v) is 3.68. The lowest BCUT2D eigenvalue weighted by Gasteiger charge is -2.30. The number of carbonyl (C=O) groups excluding carboxylic acids is 2. The van der Waals surface area contributed by atoms with Crippen LogP contribution in [-0.4, -0.2) is 26.8 Å². The molecule has 3 aromatic rings. The zero-order chi connectivity index (χ0) is 22.5. The Bertz CT molecular complexity index is 1120. The number of carbonyl (C=O) groups is 2. The van der Waals surface area contributed by atoms with Gasteiger partial charge in [-0.05, 0) is 50.2 Å². The molecular weight excluding hydrogens is 404 g/mol. The zero-order valence-corrected chi connectivity index (χ0v) is 17.7. The highest BCUT2D eigenvalue weighted by Gasteiger charge is 2.37. The van der Waals surface area contributed by atoms with Gasteiger partial charge >= 0.3 is 0 Å². The molecule has 0 atom stereocenters. The van der Waals surface area contributed by atoms with Crippen molar-refractivity contribution in [2.45, 2.75) is 19.8 Å². The van der Waals surface area contributed by atoms with Crippen LogP contribution in [0.1, 0.15) is 25.5 Å². The maximum atomic E-state index is 13.4. The van der Waals surface area contributed by atoms with E-state index >= 15 is 0 Å². The normalized spacial score (nSPS) is 14.1. The number of nitrogens with one attached hydrogen (secondary N) is 3. The van der Waals surface area contributed by atoms with Gasteiger partial charge in [-0.3, -0.25) is 14.6 Å². The number of amides is 2. The second kappa shape index (κ2) is 9.22. The van der Waals surface area contributed by atoms with Gasteiger partial charge in [-0.2, -0.15) is 0 Å². The Hall–Kier alpha value is -4.33. The molecule has 4 heterocycles. The molecule has 0 bridgehead atoms. The monoisotopic (exact) mass is 426 g/mol. The lowest BCUT2D eigenvalue weighted by atomic mass is 9.82. The summed E-state index contributed by atoms with van der Waals surface area (Å²) in [6.07, 6.45) is 4.84. The standard InChI is InChI=1S/C24H22N6O2/c1-15-20(23(31)29-18-10-4-7-13-26-18)22(17-9-3-6-12-25-17)21(16(2)28-15)24(32)30-19-11-5-8-14-27-19/h3-14,22,28H,1-2H3,(H,26,29,31)(H,27,30,32). The van der Waals surface area contributed by atoms with Crippen molar-refractivity contribution in [2.75, 3.05) is 10.6 Å². The summed E-state index contributed by atoms with van der Waals surface area (Å²) in [7, 11) is 0. The second-order valence-electron chi connectivity index (χ2n) is 7.23. The van der Waals surface area contributed by atoms with E-state index in [2.05, 4.69) is 30.9 Å². The average molecular weight is 426 g/mol. The second-order valence-corrected chi connectivity index (χ2v) is 7.23. The highest BCUT2D eigenvalue weighted by atomic mass is 16.2. The lowest BCUT2D eigenvalue weighted by Crippen LogP contribution is -2.35. The molecule has 0 aromatic carbocycles. The van der Waals surface area contributed by atoms with E-state index in [0.29, 0.717) is 39.9 Å². The summed E-state index contributed by atoms with van der Waals surface area (Å²) >= 11 is 0. The number of pyridine rings is 3. The Balaban J connectivity index is 1.74. The minimum atomic E-state index is -0.676. The number of rotatable bonds is 5. The first-order chi connectivity index (χ1) is 15.5. The van der Waals surface area contributed by atoms with Gasteiger partial charge < -0.3 is 16.0 Å². The van der Waals surface area contributed by atoms with Crippen LogP contribution in [-0.2, 0) is 9.59 Å². The summed E-state index contributed by atoms with van der Waals surface area (Å²) in [5.74, 6) is -0.559. The van der Waals surface area contributed by atoms with Crippen molar-refractivity contribution in [3.63, 3.8) is 0 Å². The quantitative estimate of drug-likeness (QED) is 0.577. The van der Waals surface area contributed by atoms with E-state index < -0.39 is 5.92 Å². The molecule has 3 N–H and O–H groups in total. The molecule has 0 saturated heterocycles. The molecule has 32 heavy (non-hydrogen) atoms. The lowest BCUT2D eigenvalue weighted by molar-refractivity contribution is -0.113. The summed E-state index contributed by atoms with van der Waals surface area (Å²) in [6.45, 7) is 3.61. The minimum Gasteiger partial charge on any atom is -0.362 e. The summed E-state index contributed by atoms with van der Waals surface area (Å²) in [5, 5.41) is 8.83. The molecule has 1 aliphatic rings. The largest absolute Gasteiger partial charge is 0.362 e. The van der Waals surface area contributed by atoms with E-state index in [9.17, 15) is 9.59 Å². The van der Waals surface area contributed by atoms with Crippen LogP contribution in [0.15, 0.2) is 95.7 Å². The number of dihydropyridines is 1. The number of hydrogen-bond acceptors (Lipinski definition) is 6. The van der Waals surface area contributed by atoms with Gasteiger partial charge in [0, 0.05) is 41.1 Å². The fraction of sp³-hybridized carbons (Fsp3) is 0.125. The summed E-state index contributed by atoms with van der Waals surface area (Å²) in [5.41, 5.74) is 2.66. The van der Waals surface area contributed by atoms with Crippen molar-refractivity contribution in [3.8, 4) is 0 Å². The molecular formula is C24H22N6O2. The highest BCUT2D eigenvalue weighted by molar-refractivity contribution is 6.11. The SMILES string of the molecule is CC1=C(C(=O)Nc2ccccn2)C(c2ccccn2)C(C(=O)Nc2ccccn2)=C(C)N1. The Kier molecular flexibility index (Phi) is 6.03. The summed E-state index contributed by atoms with van der Waals surface area (Å²) in [4.78, 5) is 39.5. The maximum absolute atomic E-state index is 13.4. The average Bonchev–Trinajstić information content (AvgIpc) is 2.80. The predicted octanol–water partition coefficient (Wildman–Crippen LogP) is 3.38. The van der Waals surface area contributed by atoms with Crippen molar-refractivity contribution in [3.05, 3.63) is 101 Å². The predicted molar refractivity (Wildman–Crippen MR) is 121 cm³/mol. The molecule has 2 amide bonds. The third-order valence-corrected chi connectivity index (χ3v) is 5.05. The van der Waals surface area contributed by atoms with Gasteiger partial charge in [0.25, 0.3) is 11.8 Å². The van der Waals surface area contributed by atoms with Crippen LogP contribution < -0.4 is 16.0 Å². The smallest absolute Gasteiger partial charge is 0.255 e. The van der Waals surface area contributed by atoms with E-state index in [0.717, 1.165) is 0 Å². The Labute approximate surface area is 185 Å².